The lowest BCUT2D eigenvalue weighted by molar-refractivity contribution is -0.127. The predicted molar refractivity (Wildman–Crippen MR) is 45.8 cm³/mol. The summed E-state index contributed by atoms with van der Waals surface area (Å²) in [7, 11) is 0. The lowest BCUT2D eigenvalue weighted by Gasteiger charge is -2.43. The van der Waals surface area contributed by atoms with E-state index in [0.29, 0.717) is 18.6 Å². The monoisotopic (exact) mass is 169 g/mol. The van der Waals surface area contributed by atoms with Gasteiger partial charge in [0.15, 0.2) is 0 Å². The molecule has 2 saturated heterocycles. The Kier molecular flexibility index (Phi) is 2.02. The van der Waals surface area contributed by atoms with Gasteiger partial charge in [0.1, 0.15) is 0 Å². The first-order valence-electron chi connectivity index (χ1n) is 4.51. The molecule has 2 aliphatic heterocycles. The molecule has 2 rings (SSSR count). The summed E-state index contributed by atoms with van der Waals surface area (Å²) in [6.45, 7) is 5.67. The number of carbonyl (C=O) groups excluding carboxylic acids is 1. The van der Waals surface area contributed by atoms with Crippen molar-refractivity contribution in [3.63, 3.8) is 0 Å². The third-order valence-electron chi connectivity index (χ3n) is 2.71. The Morgan fingerprint density at radius 2 is 2.42 bits per heavy atom. The SMILES string of the molecule is CC1NC(=O)CN2CCNCC12. The lowest BCUT2D eigenvalue weighted by Crippen LogP contribution is -2.65. The van der Waals surface area contributed by atoms with Crippen molar-refractivity contribution < 1.29 is 4.79 Å². The number of nitrogens with zero attached hydrogens (tertiary/aromatic N) is 1. The van der Waals surface area contributed by atoms with Gasteiger partial charge in [0, 0.05) is 31.7 Å². The molecule has 2 N–H and O–H groups in total. The van der Waals surface area contributed by atoms with E-state index in [1.54, 1.807) is 0 Å². The molecule has 0 aromatic rings. The van der Waals surface area contributed by atoms with Gasteiger partial charge in [0.2, 0.25) is 5.91 Å². The zero-order chi connectivity index (χ0) is 8.55. The van der Waals surface area contributed by atoms with Gasteiger partial charge >= 0.3 is 0 Å². The second-order valence-corrected chi connectivity index (χ2v) is 3.60. The van der Waals surface area contributed by atoms with Crippen LogP contribution < -0.4 is 10.6 Å². The van der Waals surface area contributed by atoms with E-state index < -0.39 is 0 Å². The number of nitrogens with one attached hydrogen (secondary N) is 2. The molecular weight excluding hydrogens is 154 g/mol. The molecular formula is C8H15N3O. The highest BCUT2D eigenvalue weighted by Gasteiger charge is 2.33. The molecule has 0 spiro atoms. The summed E-state index contributed by atoms with van der Waals surface area (Å²) in [6.07, 6.45) is 0. The van der Waals surface area contributed by atoms with Gasteiger partial charge < -0.3 is 10.6 Å². The summed E-state index contributed by atoms with van der Waals surface area (Å²) in [5.74, 6) is 0.167. The Balaban J connectivity index is 2.06. The molecule has 0 radical (unpaired) electrons. The van der Waals surface area contributed by atoms with Gasteiger partial charge in [-0.05, 0) is 6.92 Å². The van der Waals surface area contributed by atoms with Crippen LogP contribution in [-0.4, -0.2) is 49.1 Å². The summed E-state index contributed by atoms with van der Waals surface area (Å²) >= 11 is 0. The van der Waals surface area contributed by atoms with Crippen molar-refractivity contribution in [2.75, 3.05) is 26.2 Å². The van der Waals surface area contributed by atoms with Gasteiger partial charge in [-0.3, -0.25) is 9.69 Å². The van der Waals surface area contributed by atoms with Crippen LogP contribution in [0.25, 0.3) is 0 Å². The van der Waals surface area contributed by atoms with Crippen LogP contribution in [0, 0.1) is 0 Å². The summed E-state index contributed by atoms with van der Waals surface area (Å²) in [4.78, 5) is 13.4. The maximum absolute atomic E-state index is 11.2. The van der Waals surface area contributed by atoms with Crippen LogP contribution in [0.4, 0.5) is 0 Å². The second kappa shape index (κ2) is 3.03. The van der Waals surface area contributed by atoms with Gasteiger partial charge in [-0.25, -0.2) is 0 Å². The summed E-state index contributed by atoms with van der Waals surface area (Å²) in [6, 6.07) is 0.787. The summed E-state index contributed by atoms with van der Waals surface area (Å²) < 4.78 is 0. The third-order valence-corrected chi connectivity index (χ3v) is 2.71. The van der Waals surface area contributed by atoms with Crippen LogP contribution in [0.3, 0.4) is 0 Å². The molecule has 0 bridgehead atoms. The van der Waals surface area contributed by atoms with Crippen LogP contribution >= 0.6 is 0 Å². The number of fused-ring (bicyclic) bond motifs is 1. The van der Waals surface area contributed by atoms with E-state index in [0.717, 1.165) is 19.6 Å². The van der Waals surface area contributed by atoms with Crippen LogP contribution in [0.5, 0.6) is 0 Å². The summed E-state index contributed by atoms with van der Waals surface area (Å²) in [5, 5.41) is 6.29. The van der Waals surface area contributed by atoms with Crippen molar-refractivity contribution in [3.8, 4) is 0 Å². The molecule has 4 nitrogen and oxygen atoms in total. The van der Waals surface area contributed by atoms with E-state index in [4.69, 9.17) is 0 Å². The fraction of sp³-hybridized carbons (Fsp3) is 0.875. The molecule has 2 heterocycles. The number of hydrogen-bond donors (Lipinski definition) is 2. The molecule has 12 heavy (non-hydrogen) atoms. The third kappa shape index (κ3) is 1.32. The van der Waals surface area contributed by atoms with Crippen molar-refractivity contribution >= 4 is 5.91 Å². The predicted octanol–water partition coefficient (Wildman–Crippen LogP) is -1.22. The van der Waals surface area contributed by atoms with Gasteiger partial charge in [-0.1, -0.05) is 0 Å². The van der Waals surface area contributed by atoms with E-state index in [1.165, 1.54) is 0 Å². The van der Waals surface area contributed by atoms with E-state index in [2.05, 4.69) is 22.5 Å². The van der Waals surface area contributed by atoms with Crippen molar-refractivity contribution in [3.05, 3.63) is 0 Å². The van der Waals surface area contributed by atoms with E-state index in [9.17, 15) is 4.79 Å². The van der Waals surface area contributed by atoms with Gasteiger partial charge in [-0.2, -0.15) is 0 Å². The van der Waals surface area contributed by atoms with Gasteiger partial charge in [0.25, 0.3) is 0 Å². The molecule has 2 aliphatic rings. The van der Waals surface area contributed by atoms with Crippen LogP contribution in [0.15, 0.2) is 0 Å². The first-order chi connectivity index (χ1) is 5.77. The minimum atomic E-state index is 0.167. The normalized spacial score (nSPS) is 37.2. The molecule has 2 unspecified atom stereocenters. The number of rotatable bonds is 0. The van der Waals surface area contributed by atoms with Crippen molar-refractivity contribution in [2.45, 2.75) is 19.0 Å². The average molecular weight is 169 g/mol. The zero-order valence-corrected chi connectivity index (χ0v) is 7.34. The number of carbonyl (C=O) groups is 1. The molecule has 2 atom stereocenters. The maximum atomic E-state index is 11.2. The smallest absolute Gasteiger partial charge is 0.234 e. The maximum Gasteiger partial charge on any atom is 0.234 e. The molecule has 1 amide bonds. The Hall–Kier alpha value is -0.610. The Morgan fingerprint density at radius 1 is 1.58 bits per heavy atom. The number of hydrogen-bond acceptors (Lipinski definition) is 3. The molecule has 0 aromatic carbocycles. The highest BCUT2D eigenvalue weighted by Crippen LogP contribution is 2.11. The first kappa shape index (κ1) is 8.01. The first-order valence-corrected chi connectivity index (χ1v) is 4.51. The average Bonchev–Trinajstić information content (AvgIpc) is 2.04. The van der Waals surface area contributed by atoms with E-state index in [-0.39, 0.29) is 5.91 Å². The zero-order valence-electron chi connectivity index (χ0n) is 7.34. The Labute approximate surface area is 72.3 Å². The molecule has 0 saturated carbocycles. The molecule has 0 aliphatic carbocycles. The minimum absolute atomic E-state index is 0.167. The highest BCUT2D eigenvalue weighted by atomic mass is 16.2. The topological polar surface area (TPSA) is 44.4 Å². The quantitative estimate of drug-likeness (QED) is 0.477. The van der Waals surface area contributed by atoms with Crippen LogP contribution in [-0.2, 0) is 4.79 Å². The molecule has 68 valence electrons. The largest absolute Gasteiger partial charge is 0.351 e. The Bertz CT molecular complexity index is 195. The fourth-order valence-corrected chi connectivity index (χ4v) is 2.04. The molecule has 2 fully saturated rings. The fourth-order valence-electron chi connectivity index (χ4n) is 2.04. The van der Waals surface area contributed by atoms with Crippen molar-refractivity contribution in [1.82, 2.24) is 15.5 Å². The van der Waals surface area contributed by atoms with Crippen LogP contribution in [0.1, 0.15) is 6.92 Å². The molecule has 4 heteroatoms. The van der Waals surface area contributed by atoms with Crippen molar-refractivity contribution in [2.24, 2.45) is 0 Å². The lowest BCUT2D eigenvalue weighted by atomic mass is 10.0. The number of amides is 1. The van der Waals surface area contributed by atoms with E-state index in [1.807, 2.05) is 0 Å². The van der Waals surface area contributed by atoms with E-state index >= 15 is 0 Å². The standard InChI is InChI=1S/C8H15N3O/c1-6-7-4-9-2-3-11(7)5-8(12)10-6/h6-7,9H,2-5H2,1H3,(H,10,12). The number of piperazine rings is 2. The van der Waals surface area contributed by atoms with Gasteiger partial charge in [0.05, 0.1) is 6.54 Å². The highest BCUT2D eigenvalue weighted by molar-refractivity contribution is 5.79. The Morgan fingerprint density at radius 3 is 3.25 bits per heavy atom. The second-order valence-electron chi connectivity index (χ2n) is 3.60. The van der Waals surface area contributed by atoms with Gasteiger partial charge in [-0.15, -0.1) is 0 Å². The van der Waals surface area contributed by atoms with Crippen molar-refractivity contribution in [1.29, 1.82) is 0 Å². The van der Waals surface area contributed by atoms with Crippen LogP contribution in [0.2, 0.25) is 0 Å². The minimum Gasteiger partial charge on any atom is -0.351 e. The summed E-state index contributed by atoms with van der Waals surface area (Å²) in [5.41, 5.74) is 0. The molecule has 0 aromatic heterocycles.